The van der Waals surface area contributed by atoms with Crippen LogP contribution in [0.15, 0.2) is 12.3 Å². The molecule has 9 heteroatoms. The number of amides is 1. The van der Waals surface area contributed by atoms with Crippen molar-refractivity contribution in [1.29, 1.82) is 0 Å². The monoisotopic (exact) mass is 343 g/mol. The Bertz CT molecular complexity index is 668. The molecule has 8 nitrogen and oxygen atoms in total. The largest absolute Gasteiger partial charge is 0.456 e. The molecule has 1 fully saturated rings. The smallest absolute Gasteiger partial charge is 0.306 e. The van der Waals surface area contributed by atoms with Crippen LogP contribution >= 0.6 is 0 Å². The molecule has 1 atom stereocenters. The highest BCUT2D eigenvalue weighted by Gasteiger charge is 2.30. The Morgan fingerprint density at radius 3 is 2.91 bits per heavy atom. The van der Waals surface area contributed by atoms with Crippen LogP contribution in [0, 0.1) is 5.92 Å². The van der Waals surface area contributed by atoms with Gasteiger partial charge >= 0.3 is 5.97 Å². The lowest BCUT2D eigenvalue weighted by Gasteiger charge is -2.10. The molecule has 0 bridgehead atoms. The number of hydrogen-bond donors (Lipinski definition) is 1. The van der Waals surface area contributed by atoms with Gasteiger partial charge in [-0.15, -0.1) is 0 Å². The zero-order chi connectivity index (χ0) is 16.9. The van der Waals surface area contributed by atoms with E-state index < -0.39 is 28.3 Å². The van der Waals surface area contributed by atoms with Gasteiger partial charge < -0.3 is 10.1 Å². The molecule has 2 rings (SSSR count). The normalized spacial score (nSPS) is 19.4. The second-order valence-corrected chi connectivity index (χ2v) is 7.85. The third-order valence-corrected chi connectivity index (χ3v) is 5.40. The first kappa shape index (κ1) is 17.5. The average molecular weight is 343 g/mol. The van der Waals surface area contributed by atoms with Crippen LogP contribution < -0.4 is 5.32 Å². The van der Waals surface area contributed by atoms with Gasteiger partial charge in [-0.05, 0) is 18.8 Å². The standard InChI is InChI=1S/C14H21N3O5S/c1-2-6-17-12(3-5-15-17)16-13(18)9-22-14(19)8-11-4-7-23(20,21)10-11/h3,5,11H,2,4,6-10H2,1H3,(H,16,18)/t11-/m1/s1. The van der Waals surface area contributed by atoms with Gasteiger partial charge in [-0.3, -0.25) is 9.59 Å². The molecule has 0 unspecified atom stereocenters. The van der Waals surface area contributed by atoms with Crippen molar-refractivity contribution in [1.82, 2.24) is 9.78 Å². The molecule has 2 heterocycles. The molecule has 0 aliphatic carbocycles. The molecule has 0 aromatic carbocycles. The third kappa shape index (κ3) is 5.34. The van der Waals surface area contributed by atoms with Crippen molar-refractivity contribution in [2.45, 2.75) is 32.7 Å². The minimum Gasteiger partial charge on any atom is -0.456 e. The molecule has 1 amide bonds. The molecule has 1 aromatic rings. The number of carbonyl (C=O) groups excluding carboxylic acids is 2. The van der Waals surface area contributed by atoms with Crippen LogP contribution in [0.25, 0.3) is 0 Å². The molecular weight excluding hydrogens is 322 g/mol. The summed E-state index contributed by atoms with van der Waals surface area (Å²) in [6.45, 7) is 2.28. The van der Waals surface area contributed by atoms with Crippen molar-refractivity contribution in [3.8, 4) is 0 Å². The predicted molar refractivity (Wildman–Crippen MR) is 83.5 cm³/mol. The van der Waals surface area contributed by atoms with Crippen molar-refractivity contribution in [2.24, 2.45) is 5.92 Å². The molecular formula is C14H21N3O5S. The summed E-state index contributed by atoms with van der Waals surface area (Å²) in [5.41, 5.74) is 0. The third-order valence-electron chi connectivity index (χ3n) is 3.57. The predicted octanol–water partition coefficient (Wildman–Crippen LogP) is 0.600. The maximum absolute atomic E-state index is 11.8. The van der Waals surface area contributed by atoms with E-state index in [0.29, 0.717) is 18.8 Å². The van der Waals surface area contributed by atoms with Gasteiger partial charge in [0.1, 0.15) is 5.82 Å². The Hall–Kier alpha value is -1.90. The van der Waals surface area contributed by atoms with Gasteiger partial charge in [-0.2, -0.15) is 5.10 Å². The Morgan fingerprint density at radius 1 is 1.48 bits per heavy atom. The number of nitrogens with one attached hydrogen (secondary N) is 1. The molecule has 0 radical (unpaired) electrons. The van der Waals surface area contributed by atoms with Gasteiger partial charge in [0.25, 0.3) is 5.91 Å². The molecule has 0 spiro atoms. The van der Waals surface area contributed by atoms with E-state index >= 15 is 0 Å². The van der Waals surface area contributed by atoms with Gasteiger partial charge in [-0.25, -0.2) is 13.1 Å². The van der Waals surface area contributed by atoms with E-state index in [1.54, 1.807) is 16.9 Å². The summed E-state index contributed by atoms with van der Waals surface area (Å²) in [6, 6.07) is 1.67. The van der Waals surface area contributed by atoms with Crippen LogP contribution in [-0.2, 0) is 30.7 Å². The number of carbonyl (C=O) groups is 2. The zero-order valence-electron chi connectivity index (χ0n) is 13.0. The number of ether oxygens (including phenoxy) is 1. The number of aryl methyl sites for hydroxylation is 1. The highest BCUT2D eigenvalue weighted by molar-refractivity contribution is 7.91. The maximum atomic E-state index is 11.8. The van der Waals surface area contributed by atoms with Crippen LogP contribution in [-0.4, -0.2) is 48.2 Å². The second-order valence-electron chi connectivity index (χ2n) is 5.62. The number of hydrogen-bond acceptors (Lipinski definition) is 6. The topological polar surface area (TPSA) is 107 Å². The summed E-state index contributed by atoms with van der Waals surface area (Å²) in [4.78, 5) is 23.5. The number of esters is 1. The van der Waals surface area contributed by atoms with E-state index in [-0.39, 0.29) is 23.8 Å². The number of anilines is 1. The zero-order valence-corrected chi connectivity index (χ0v) is 13.8. The van der Waals surface area contributed by atoms with Gasteiger partial charge in [0.05, 0.1) is 17.7 Å². The Balaban J connectivity index is 1.73. The van der Waals surface area contributed by atoms with E-state index in [0.717, 1.165) is 6.42 Å². The maximum Gasteiger partial charge on any atom is 0.306 e. The van der Waals surface area contributed by atoms with E-state index in [4.69, 9.17) is 4.74 Å². The lowest BCUT2D eigenvalue weighted by Crippen LogP contribution is -2.23. The van der Waals surface area contributed by atoms with Crippen molar-refractivity contribution < 1.29 is 22.7 Å². The van der Waals surface area contributed by atoms with Gasteiger partial charge in [0.15, 0.2) is 16.4 Å². The molecule has 1 saturated heterocycles. The second kappa shape index (κ2) is 7.58. The minimum absolute atomic E-state index is 0.0184. The summed E-state index contributed by atoms with van der Waals surface area (Å²) in [5.74, 6) is -0.520. The Morgan fingerprint density at radius 2 is 2.26 bits per heavy atom. The first-order valence-electron chi connectivity index (χ1n) is 7.57. The fourth-order valence-corrected chi connectivity index (χ4v) is 4.34. The lowest BCUT2D eigenvalue weighted by atomic mass is 10.1. The fraction of sp³-hybridized carbons (Fsp3) is 0.643. The summed E-state index contributed by atoms with van der Waals surface area (Å²) in [7, 11) is -3.01. The van der Waals surface area contributed by atoms with E-state index in [1.165, 1.54) is 0 Å². The summed E-state index contributed by atoms with van der Waals surface area (Å²) in [5, 5.41) is 6.70. The first-order valence-corrected chi connectivity index (χ1v) is 9.39. The van der Waals surface area contributed by atoms with Crippen LogP contribution in [0.4, 0.5) is 5.82 Å². The van der Waals surface area contributed by atoms with E-state index in [2.05, 4.69) is 10.4 Å². The van der Waals surface area contributed by atoms with Crippen molar-refractivity contribution in [2.75, 3.05) is 23.4 Å². The highest BCUT2D eigenvalue weighted by Crippen LogP contribution is 2.21. The molecule has 1 aromatic heterocycles. The summed E-state index contributed by atoms with van der Waals surface area (Å²) >= 11 is 0. The average Bonchev–Trinajstić information content (AvgIpc) is 3.04. The van der Waals surface area contributed by atoms with Crippen LogP contribution in [0.5, 0.6) is 0 Å². The Kier molecular flexibility index (Phi) is 5.75. The first-order chi connectivity index (χ1) is 10.9. The summed E-state index contributed by atoms with van der Waals surface area (Å²) in [6.07, 6.45) is 2.96. The van der Waals surface area contributed by atoms with Crippen LogP contribution in [0.1, 0.15) is 26.2 Å². The highest BCUT2D eigenvalue weighted by atomic mass is 32.2. The number of nitrogens with zero attached hydrogens (tertiary/aromatic N) is 2. The van der Waals surface area contributed by atoms with Crippen LogP contribution in [0.3, 0.4) is 0 Å². The quantitative estimate of drug-likeness (QED) is 0.727. The van der Waals surface area contributed by atoms with Crippen molar-refractivity contribution >= 4 is 27.5 Å². The molecule has 1 aliphatic heterocycles. The summed E-state index contributed by atoms with van der Waals surface area (Å²) < 4.78 is 29.2. The van der Waals surface area contributed by atoms with E-state index in [9.17, 15) is 18.0 Å². The lowest BCUT2D eigenvalue weighted by molar-refractivity contribution is -0.148. The van der Waals surface area contributed by atoms with Crippen LogP contribution in [0.2, 0.25) is 0 Å². The Labute approximate surface area is 135 Å². The molecule has 128 valence electrons. The fourth-order valence-electron chi connectivity index (χ4n) is 2.48. The number of sulfone groups is 1. The molecule has 0 saturated carbocycles. The van der Waals surface area contributed by atoms with Gasteiger partial charge in [0.2, 0.25) is 0 Å². The van der Waals surface area contributed by atoms with E-state index in [1.807, 2.05) is 6.92 Å². The molecule has 23 heavy (non-hydrogen) atoms. The van der Waals surface area contributed by atoms with Gasteiger partial charge in [-0.1, -0.05) is 6.92 Å². The SMILES string of the molecule is CCCn1nccc1NC(=O)COC(=O)C[C@H]1CCS(=O)(=O)C1. The number of rotatable bonds is 7. The molecule has 1 aliphatic rings. The van der Waals surface area contributed by atoms with Gasteiger partial charge in [0, 0.05) is 19.0 Å². The number of aromatic nitrogens is 2. The molecule has 1 N–H and O–H groups in total. The van der Waals surface area contributed by atoms with Crippen molar-refractivity contribution in [3.05, 3.63) is 12.3 Å². The minimum atomic E-state index is -3.01. The van der Waals surface area contributed by atoms with Crippen molar-refractivity contribution in [3.63, 3.8) is 0 Å².